The number of likely N-dealkylation sites (N-methyl/N-ethyl adjacent to an activating group) is 1. The smallest absolute Gasteiger partial charge is 0.226 e. The van der Waals surface area contributed by atoms with Gasteiger partial charge in [0.05, 0.1) is 11.5 Å². The van der Waals surface area contributed by atoms with Gasteiger partial charge in [0.2, 0.25) is 11.8 Å². The third-order valence-corrected chi connectivity index (χ3v) is 18.2. The zero-order valence-corrected chi connectivity index (χ0v) is 41.5. The van der Waals surface area contributed by atoms with Crippen molar-refractivity contribution in [2.24, 2.45) is 56.7 Å². The summed E-state index contributed by atoms with van der Waals surface area (Å²) in [5, 5.41) is 17.7. The predicted octanol–water partition coefficient (Wildman–Crippen LogP) is 12.6. The highest BCUT2D eigenvalue weighted by atomic mass is 16.3. The number of fused-ring (bicyclic) bond motifs is 7. The second kappa shape index (κ2) is 23.0. The Morgan fingerprint density at radius 3 is 1.89 bits per heavy atom. The Balaban J connectivity index is 1.02. The zero-order chi connectivity index (χ0) is 45.7. The summed E-state index contributed by atoms with van der Waals surface area (Å²) in [7, 11) is 2.08. The molecule has 0 aliphatic heterocycles. The van der Waals surface area contributed by atoms with Gasteiger partial charge in [0.25, 0.3) is 0 Å². The molecule has 0 radical (unpaired) electrons. The molecule has 0 aromatic heterocycles. The lowest BCUT2D eigenvalue weighted by molar-refractivity contribution is -0.204. The number of carbonyl (C=O) groups is 2. The molecule has 3 N–H and O–H groups in total. The van der Waals surface area contributed by atoms with E-state index in [4.69, 9.17) is 0 Å². The predicted molar refractivity (Wildman–Crippen MR) is 266 cm³/mol. The molecule has 6 heteroatoms. The lowest BCUT2D eigenvalue weighted by atomic mass is 9.33. The molecule has 0 aromatic carbocycles. The van der Waals surface area contributed by atoms with E-state index in [1.807, 2.05) is 0 Å². The fourth-order valence-corrected chi connectivity index (χ4v) is 13.8. The molecule has 4 fully saturated rings. The SMILES string of the molecule is CC/C=C/C/C=C/C/C=C/C/C=C/C/C=C/C/C=C/CCC(=O)NCCN(C)CCNC(=O)[C@]12CC[C@@H](C)[C@H](C)C1C1=CCC3[C@@]4(C)CC[C@H](O)C(C)(C)C4CC[C@@]3(C)[C@]1(C)CC2. The van der Waals surface area contributed by atoms with Crippen LogP contribution in [0.3, 0.4) is 0 Å². The molecule has 3 unspecified atom stereocenters. The molecule has 352 valence electrons. The summed E-state index contributed by atoms with van der Waals surface area (Å²) in [5.74, 6) is 2.87. The van der Waals surface area contributed by atoms with Gasteiger partial charge in [-0.1, -0.05) is 140 Å². The van der Waals surface area contributed by atoms with Crippen LogP contribution >= 0.6 is 0 Å². The Labute approximate surface area is 385 Å². The average Bonchev–Trinajstić information content (AvgIpc) is 3.24. The minimum absolute atomic E-state index is 0.0507. The van der Waals surface area contributed by atoms with Gasteiger partial charge in [0.15, 0.2) is 0 Å². The minimum atomic E-state index is -0.339. The van der Waals surface area contributed by atoms with E-state index in [9.17, 15) is 14.7 Å². The van der Waals surface area contributed by atoms with Crippen LogP contribution in [-0.2, 0) is 9.59 Å². The van der Waals surface area contributed by atoms with Crippen molar-refractivity contribution in [1.29, 1.82) is 0 Å². The molecule has 5 aliphatic carbocycles. The van der Waals surface area contributed by atoms with Crippen molar-refractivity contribution in [2.45, 2.75) is 171 Å². The third-order valence-electron chi connectivity index (χ3n) is 18.2. The van der Waals surface area contributed by atoms with Crippen LogP contribution in [0.1, 0.15) is 165 Å². The standard InChI is InChI=1S/C57H91N3O3/c1-10-11-12-13-14-15-16-17-18-19-20-21-22-23-24-25-26-27-28-29-50(62)58-40-42-60(9)43-41-59-52(63)57-37-32-44(2)45(3)51(57)46-30-31-48-54(6)35-34-49(61)53(4,5)47(54)33-36-56(48,8)55(46,7)38-39-57/h11-12,14-15,17-18,20-21,23-24,26-27,30,44-45,47-49,51,61H,10,13,16,19,22,25,28-29,31-43H2,1-9H3,(H,58,62)(H,59,63)/b12-11+,15-14+,18-17+,21-20+,24-23+,27-26+/t44-,45+,47?,48?,49+,51?,54+,55-,56-,57+/m1/s1. The molecule has 6 nitrogen and oxygen atoms in total. The molecule has 2 amide bonds. The first kappa shape index (κ1) is 51.0. The molecule has 0 saturated heterocycles. The second-order valence-electron chi connectivity index (χ2n) is 22.0. The van der Waals surface area contributed by atoms with Crippen molar-refractivity contribution in [1.82, 2.24) is 15.5 Å². The molecule has 5 aliphatic rings. The van der Waals surface area contributed by atoms with E-state index in [0.29, 0.717) is 43.2 Å². The van der Waals surface area contributed by atoms with Crippen LogP contribution in [0.5, 0.6) is 0 Å². The van der Waals surface area contributed by atoms with Crippen molar-refractivity contribution in [3.8, 4) is 0 Å². The lowest BCUT2D eigenvalue weighted by Crippen LogP contribution is -2.66. The number of rotatable bonds is 21. The summed E-state index contributed by atoms with van der Waals surface area (Å²) in [4.78, 5) is 29.4. The molecule has 5 rings (SSSR count). The number of nitrogens with one attached hydrogen (secondary N) is 2. The zero-order valence-electron chi connectivity index (χ0n) is 41.5. The molecule has 63 heavy (non-hydrogen) atoms. The number of nitrogens with zero attached hydrogens (tertiary/aromatic N) is 1. The fourth-order valence-electron chi connectivity index (χ4n) is 13.8. The van der Waals surface area contributed by atoms with Gasteiger partial charge in [-0.05, 0) is 161 Å². The summed E-state index contributed by atoms with van der Waals surface area (Å²) < 4.78 is 0. The highest BCUT2D eigenvalue weighted by Gasteiger charge is 2.69. The normalized spacial score (nSPS) is 35.4. The maximum atomic E-state index is 14.6. The van der Waals surface area contributed by atoms with E-state index < -0.39 is 0 Å². The van der Waals surface area contributed by atoms with Crippen LogP contribution in [-0.4, -0.2) is 61.2 Å². The van der Waals surface area contributed by atoms with Gasteiger partial charge in [-0.15, -0.1) is 0 Å². The monoisotopic (exact) mass is 866 g/mol. The van der Waals surface area contributed by atoms with Gasteiger partial charge < -0.3 is 20.6 Å². The van der Waals surface area contributed by atoms with Crippen molar-refractivity contribution in [3.63, 3.8) is 0 Å². The average molecular weight is 866 g/mol. The second-order valence-corrected chi connectivity index (χ2v) is 22.0. The van der Waals surface area contributed by atoms with Crippen LogP contribution in [0.4, 0.5) is 0 Å². The first-order valence-electron chi connectivity index (χ1n) is 25.6. The quantitative estimate of drug-likeness (QED) is 0.100. The molecular weight excluding hydrogens is 775 g/mol. The number of hydrogen-bond donors (Lipinski definition) is 3. The van der Waals surface area contributed by atoms with Gasteiger partial charge >= 0.3 is 0 Å². The number of hydrogen-bond acceptors (Lipinski definition) is 4. The minimum Gasteiger partial charge on any atom is -0.393 e. The highest BCUT2D eigenvalue weighted by molar-refractivity contribution is 5.84. The van der Waals surface area contributed by atoms with E-state index in [-0.39, 0.29) is 50.9 Å². The molecular formula is C57H91N3O3. The van der Waals surface area contributed by atoms with Gasteiger partial charge in [0, 0.05) is 32.6 Å². The summed E-state index contributed by atoms with van der Waals surface area (Å²) >= 11 is 0. The summed E-state index contributed by atoms with van der Waals surface area (Å²) in [5.41, 5.74) is 1.73. The van der Waals surface area contributed by atoms with Gasteiger partial charge in [0.1, 0.15) is 0 Å². The molecule has 0 spiro atoms. The maximum Gasteiger partial charge on any atom is 0.226 e. The molecule has 4 saturated carbocycles. The third kappa shape index (κ3) is 11.5. The number of amides is 2. The number of allylic oxidation sites excluding steroid dienone is 14. The first-order chi connectivity index (χ1) is 30.1. The topological polar surface area (TPSA) is 81.7 Å². The van der Waals surface area contributed by atoms with E-state index in [1.54, 1.807) is 5.57 Å². The van der Waals surface area contributed by atoms with Gasteiger partial charge in [-0.2, -0.15) is 0 Å². The lowest BCUT2D eigenvalue weighted by Gasteiger charge is -2.71. The molecule has 0 aromatic rings. The Morgan fingerprint density at radius 2 is 1.29 bits per heavy atom. The van der Waals surface area contributed by atoms with Crippen LogP contribution < -0.4 is 10.6 Å². The molecule has 0 heterocycles. The van der Waals surface area contributed by atoms with Crippen LogP contribution in [0.25, 0.3) is 0 Å². The Hall–Kier alpha value is -2.96. The van der Waals surface area contributed by atoms with E-state index in [2.05, 4.69) is 157 Å². The van der Waals surface area contributed by atoms with Crippen LogP contribution in [0.15, 0.2) is 84.6 Å². The fraction of sp³-hybridized carbons (Fsp3) is 0.719. The van der Waals surface area contributed by atoms with Crippen LogP contribution in [0, 0.1) is 56.7 Å². The Morgan fingerprint density at radius 1 is 0.714 bits per heavy atom. The van der Waals surface area contributed by atoms with Crippen molar-refractivity contribution < 1.29 is 14.7 Å². The number of aliphatic hydroxyl groups is 1. The number of aliphatic hydroxyl groups excluding tert-OH is 1. The van der Waals surface area contributed by atoms with Gasteiger partial charge in [-0.3, -0.25) is 9.59 Å². The maximum absolute atomic E-state index is 14.6. The van der Waals surface area contributed by atoms with Crippen molar-refractivity contribution >= 4 is 11.8 Å². The van der Waals surface area contributed by atoms with E-state index in [0.717, 1.165) is 103 Å². The van der Waals surface area contributed by atoms with E-state index in [1.165, 1.54) is 12.8 Å². The molecule has 10 atom stereocenters. The van der Waals surface area contributed by atoms with Gasteiger partial charge in [-0.25, -0.2) is 0 Å². The largest absolute Gasteiger partial charge is 0.393 e. The van der Waals surface area contributed by atoms with Crippen LogP contribution in [0.2, 0.25) is 0 Å². The first-order valence-corrected chi connectivity index (χ1v) is 25.6. The Kier molecular flexibility index (Phi) is 18.6. The highest BCUT2D eigenvalue weighted by Crippen LogP contribution is 2.75. The summed E-state index contributed by atoms with van der Waals surface area (Å²) in [6.07, 6.45) is 45.7. The van der Waals surface area contributed by atoms with Crippen molar-refractivity contribution in [3.05, 3.63) is 84.6 Å². The number of carbonyl (C=O) groups excluding carboxylic acids is 2. The summed E-state index contributed by atoms with van der Waals surface area (Å²) in [6, 6.07) is 0. The van der Waals surface area contributed by atoms with E-state index >= 15 is 0 Å². The summed E-state index contributed by atoms with van der Waals surface area (Å²) in [6.45, 7) is 22.3. The molecule has 0 bridgehead atoms. The van der Waals surface area contributed by atoms with Crippen molar-refractivity contribution in [2.75, 3.05) is 33.2 Å². The Bertz CT molecular complexity index is 1720.